The maximum atomic E-state index is 15.0. The van der Waals surface area contributed by atoms with Crippen LogP contribution in [-0.2, 0) is 0 Å². The predicted octanol–water partition coefficient (Wildman–Crippen LogP) is 4.91. The number of thiazole rings is 1. The molecule has 0 aliphatic heterocycles. The van der Waals surface area contributed by atoms with Crippen LogP contribution < -0.4 is 14.8 Å². The first kappa shape index (κ1) is 21.8. The van der Waals surface area contributed by atoms with Crippen LogP contribution in [0, 0.1) is 12.7 Å². The monoisotopic (exact) mass is 473 g/mol. The number of carbonyl (C=O) groups is 1. The van der Waals surface area contributed by atoms with Crippen molar-refractivity contribution in [2.75, 3.05) is 19.0 Å². The van der Waals surface area contributed by atoms with Crippen molar-refractivity contribution in [2.45, 2.75) is 13.8 Å². The van der Waals surface area contributed by atoms with Crippen LogP contribution in [0.5, 0.6) is 11.8 Å². The molecule has 4 aromatic rings. The number of amides is 1. The molecule has 4 rings (SSSR count). The number of benzene rings is 1. The highest BCUT2D eigenvalue weighted by molar-refractivity contribution is 7.22. The maximum absolute atomic E-state index is 15.0. The number of hydrogen-bond acceptors (Lipinski definition) is 8. The van der Waals surface area contributed by atoms with Crippen LogP contribution in [-0.4, -0.2) is 39.6 Å². The lowest BCUT2D eigenvalue weighted by molar-refractivity contribution is 0.102. The van der Waals surface area contributed by atoms with Crippen molar-refractivity contribution in [2.24, 2.45) is 0 Å². The fourth-order valence-corrected chi connectivity index (χ4v) is 3.99. The highest BCUT2D eigenvalue weighted by atomic mass is 35.5. The van der Waals surface area contributed by atoms with Gasteiger partial charge in [-0.1, -0.05) is 22.9 Å². The van der Waals surface area contributed by atoms with Gasteiger partial charge in [0, 0.05) is 17.5 Å². The average Bonchev–Trinajstić information content (AvgIpc) is 3.17. The summed E-state index contributed by atoms with van der Waals surface area (Å²) in [6, 6.07) is 4.77. The number of ether oxygens (including phenoxy) is 2. The van der Waals surface area contributed by atoms with Gasteiger partial charge in [-0.2, -0.15) is 4.98 Å². The van der Waals surface area contributed by atoms with Crippen molar-refractivity contribution in [3.05, 3.63) is 52.7 Å². The Morgan fingerprint density at radius 2 is 2.06 bits per heavy atom. The average molecular weight is 474 g/mol. The molecule has 11 heteroatoms. The molecule has 0 spiro atoms. The zero-order valence-corrected chi connectivity index (χ0v) is 18.8. The number of methoxy groups -OCH3 is 1. The smallest absolute Gasteiger partial charge is 0.317 e. The van der Waals surface area contributed by atoms with Crippen LogP contribution >= 0.6 is 22.9 Å². The summed E-state index contributed by atoms with van der Waals surface area (Å²) in [6.45, 7) is 4.00. The zero-order valence-electron chi connectivity index (χ0n) is 17.3. The lowest BCUT2D eigenvalue weighted by atomic mass is 9.98. The Labute approximate surface area is 191 Å². The first-order valence-corrected chi connectivity index (χ1v) is 10.7. The Morgan fingerprint density at radius 3 is 2.81 bits per heavy atom. The summed E-state index contributed by atoms with van der Waals surface area (Å²) in [7, 11) is 1.42. The molecule has 0 radical (unpaired) electrons. The maximum Gasteiger partial charge on any atom is 0.317 e. The molecule has 0 bridgehead atoms. The molecule has 0 unspecified atom stereocenters. The second-order valence-electron chi connectivity index (χ2n) is 6.56. The third-order valence-corrected chi connectivity index (χ3v) is 5.63. The van der Waals surface area contributed by atoms with Crippen molar-refractivity contribution < 1.29 is 18.7 Å². The number of fused-ring (bicyclic) bond motifs is 1. The van der Waals surface area contributed by atoms with E-state index < -0.39 is 11.7 Å². The van der Waals surface area contributed by atoms with Gasteiger partial charge < -0.3 is 9.47 Å². The summed E-state index contributed by atoms with van der Waals surface area (Å²) in [6.07, 6.45) is 2.89. The topological polar surface area (TPSA) is 99.1 Å². The Hall–Kier alpha value is -3.37. The third kappa shape index (κ3) is 4.19. The molecule has 3 aromatic heterocycles. The van der Waals surface area contributed by atoms with Crippen molar-refractivity contribution in [1.82, 2.24) is 19.9 Å². The number of rotatable bonds is 6. The number of hydrogen-bond donors (Lipinski definition) is 1. The largest absolute Gasteiger partial charge is 0.496 e. The SMILES string of the molecule is CCOc1ncc2nc(NC(=O)c3cnc(C)cc3-c3c(OC)ccc(Cl)c3F)sc2n1. The minimum atomic E-state index is -0.690. The van der Waals surface area contributed by atoms with Gasteiger partial charge in [-0.3, -0.25) is 15.1 Å². The van der Waals surface area contributed by atoms with Gasteiger partial charge in [-0.15, -0.1) is 0 Å². The van der Waals surface area contributed by atoms with E-state index in [4.69, 9.17) is 21.1 Å². The lowest BCUT2D eigenvalue weighted by Gasteiger charge is -2.14. The predicted molar refractivity (Wildman–Crippen MR) is 120 cm³/mol. The molecule has 0 atom stereocenters. The first-order valence-electron chi connectivity index (χ1n) is 9.48. The van der Waals surface area contributed by atoms with Gasteiger partial charge >= 0.3 is 6.01 Å². The van der Waals surface area contributed by atoms with E-state index >= 15 is 0 Å². The molecule has 32 heavy (non-hydrogen) atoms. The van der Waals surface area contributed by atoms with Gasteiger partial charge in [0.1, 0.15) is 11.3 Å². The zero-order chi connectivity index (χ0) is 22.8. The summed E-state index contributed by atoms with van der Waals surface area (Å²) < 4.78 is 25.6. The number of nitrogens with zero attached hydrogens (tertiary/aromatic N) is 4. The summed E-state index contributed by atoms with van der Waals surface area (Å²) in [5, 5.41) is 2.94. The Bertz CT molecular complexity index is 1330. The summed E-state index contributed by atoms with van der Waals surface area (Å²) in [5.41, 5.74) is 1.62. The highest BCUT2D eigenvalue weighted by Gasteiger charge is 2.23. The molecule has 0 fully saturated rings. The molecule has 1 amide bonds. The molecular formula is C21H17ClFN5O3S. The molecular weight excluding hydrogens is 457 g/mol. The summed E-state index contributed by atoms with van der Waals surface area (Å²) in [4.78, 5) is 30.5. The van der Waals surface area contributed by atoms with Gasteiger partial charge in [0.05, 0.1) is 36.1 Å². The van der Waals surface area contributed by atoms with E-state index in [9.17, 15) is 9.18 Å². The molecule has 1 N–H and O–H groups in total. The van der Waals surface area contributed by atoms with E-state index in [-0.39, 0.29) is 27.9 Å². The first-order chi connectivity index (χ1) is 15.4. The van der Waals surface area contributed by atoms with Gasteiger partial charge in [0.15, 0.2) is 15.8 Å². The fraction of sp³-hybridized carbons (Fsp3) is 0.190. The standard InChI is InChI=1S/C21H17ClFN5O3S/c1-4-31-20-25-9-14-19(28-20)32-21(26-14)27-18(29)12-8-24-10(2)7-11(12)16-15(30-3)6-5-13(22)17(16)23/h5-9H,4H2,1-3H3,(H,26,27,29). The molecule has 0 saturated heterocycles. The molecule has 3 heterocycles. The Morgan fingerprint density at radius 1 is 1.25 bits per heavy atom. The van der Waals surface area contributed by atoms with E-state index in [0.29, 0.717) is 33.3 Å². The van der Waals surface area contributed by atoms with E-state index in [2.05, 4.69) is 25.3 Å². The minimum absolute atomic E-state index is 0.0761. The molecule has 0 aliphatic rings. The van der Waals surface area contributed by atoms with Crippen LogP contribution in [0.3, 0.4) is 0 Å². The van der Waals surface area contributed by atoms with E-state index in [0.717, 1.165) is 11.3 Å². The molecule has 1 aromatic carbocycles. The fourth-order valence-electron chi connectivity index (χ4n) is 3.04. The second kappa shape index (κ2) is 9.01. The van der Waals surface area contributed by atoms with Crippen LogP contribution in [0.4, 0.5) is 9.52 Å². The number of nitrogens with one attached hydrogen (secondary N) is 1. The van der Waals surface area contributed by atoms with E-state index in [1.54, 1.807) is 19.1 Å². The van der Waals surface area contributed by atoms with E-state index in [1.807, 2.05) is 6.92 Å². The molecule has 0 saturated carbocycles. The van der Waals surface area contributed by atoms with Crippen LogP contribution in [0.25, 0.3) is 21.5 Å². The molecule has 0 aliphatic carbocycles. The summed E-state index contributed by atoms with van der Waals surface area (Å²) >= 11 is 7.16. The molecule has 164 valence electrons. The third-order valence-electron chi connectivity index (χ3n) is 4.45. The van der Waals surface area contributed by atoms with Crippen LogP contribution in [0.1, 0.15) is 23.0 Å². The van der Waals surface area contributed by atoms with Crippen molar-refractivity contribution in [1.29, 1.82) is 0 Å². The normalized spacial score (nSPS) is 10.9. The van der Waals surface area contributed by atoms with Crippen molar-refractivity contribution in [3.63, 3.8) is 0 Å². The summed E-state index contributed by atoms with van der Waals surface area (Å²) in [5.74, 6) is -0.972. The van der Waals surface area contributed by atoms with E-state index in [1.165, 1.54) is 25.6 Å². The van der Waals surface area contributed by atoms with Crippen LogP contribution in [0.2, 0.25) is 5.02 Å². The van der Waals surface area contributed by atoms with Crippen molar-refractivity contribution >= 4 is 44.3 Å². The quantitative estimate of drug-likeness (QED) is 0.424. The number of pyridine rings is 1. The van der Waals surface area contributed by atoms with Gasteiger partial charge in [0.2, 0.25) is 0 Å². The van der Waals surface area contributed by atoms with Crippen LogP contribution in [0.15, 0.2) is 30.6 Å². The number of anilines is 1. The second-order valence-corrected chi connectivity index (χ2v) is 7.94. The number of halogens is 2. The number of carbonyl (C=O) groups excluding carboxylic acids is 1. The van der Waals surface area contributed by atoms with Gasteiger partial charge in [-0.05, 0) is 32.0 Å². The highest BCUT2D eigenvalue weighted by Crippen LogP contribution is 2.38. The number of aryl methyl sites for hydroxylation is 1. The van der Waals surface area contributed by atoms with Gasteiger partial charge in [0.25, 0.3) is 5.91 Å². The van der Waals surface area contributed by atoms with Crippen molar-refractivity contribution in [3.8, 4) is 22.9 Å². The minimum Gasteiger partial charge on any atom is -0.496 e. The van der Waals surface area contributed by atoms with Gasteiger partial charge in [-0.25, -0.2) is 14.4 Å². The lowest BCUT2D eigenvalue weighted by Crippen LogP contribution is -2.14. The Balaban J connectivity index is 1.73. The molecule has 8 nitrogen and oxygen atoms in total. The Kier molecular flexibility index (Phi) is 6.15. The number of aromatic nitrogens is 4.